The number of rotatable bonds is 6. The van der Waals surface area contributed by atoms with Gasteiger partial charge >= 0.3 is 5.97 Å². The maximum atomic E-state index is 11.8. The molecule has 2 rings (SSSR count). The predicted molar refractivity (Wildman–Crippen MR) is 86.7 cm³/mol. The Labute approximate surface area is 131 Å². The Morgan fingerprint density at radius 1 is 1.00 bits per heavy atom. The molecule has 0 aliphatic carbocycles. The zero-order valence-corrected chi connectivity index (χ0v) is 13.3. The lowest BCUT2D eigenvalue weighted by Crippen LogP contribution is -2.27. The Bertz CT molecular complexity index is 618. The summed E-state index contributed by atoms with van der Waals surface area (Å²) in [6, 6.07) is 17.9. The van der Waals surface area contributed by atoms with Crippen molar-refractivity contribution in [3.63, 3.8) is 0 Å². The molecular weight excluding hydrogens is 276 g/mol. The average molecular weight is 298 g/mol. The van der Waals surface area contributed by atoms with Gasteiger partial charge in [0.1, 0.15) is 12.4 Å². The van der Waals surface area contributed by atoms with Crippen LogP contribution in [-0.2, 0) is 22.6 Å². The molecule has 0 amide bonds. The highest BCUT2D eigenvalue weighted by Gasteiger charge is 2.28. The summed E-state index contributed by atoms with van der Waals surface area (Å²) in [7, 11) is 1.42. The van der Waals surface area contributed by atoms with Crippen molar-refractivity contribution < 1.29 is 14.3 Å². The fourth-order valence-electron chi connectivity index (χ4n) is 2.34. The molecule has 0 aromatic heterocycles. The van der Waals surface area contributed by atoms with E-state index in [2.05, 4.69) is 0 Å². The maximum absolute atomic E-state index is 11.8. The third kappa shape index (κ3) is 4.35. The van der Waals surface area contributed by atoms with Crippen molar-refractivity contribution in [3.8, 4) is 5.75 Å². The third-order valence-electron chi connectivity index (χ3n) is 3.53. The van der Waals surface area contributed by atoms with E-state index in [1.807, 2.05) is 68.4 Å². The summed E-state index contributed by atoms with van der Waals surface area (Å²) in [6.07, 6.45) is 0.613. The predicted octanol–water partition coefficient (Wildman–Crippen LogP) is 4.01. The van der Waals surface area contributed by atoms with Crippen LogP contribution < -0.4 is 4.74 Å². The minimum Gasteiger partial charge on any atom is -0.489 e. The number of ether oxygens (including phenoxy) is 2. The number of benzene rings is 2. The van der Waals surface area contributed by atoms with Gasteiger partial charge in [-0.2, -0.15) is 0 Å². The molecule has 0 atom stereocenters. The van der Waals surface area contributed by atoms with E-state index in [4.69, 9.17) is 9.47 Å². The zero-order chi connectivity index (χ0) is 16.0. The van der Waals surface area contributed by atoms with Gasteiger partial charge in [-0.3, -0.25) is 4.79 Å². The van der Waals surface area contributed by atoms with Gasteiger partial charge < -0.3 is 9.47 Å². The Morgan fingerprint density at radius 2 is 1.68 bits per heavy atom. The lowest BCUT2D eigenvalue weighted by molar-refractivity contribution is -0.150. The lowest BCUT2D eigenvalue weighted by Gasteiger charge is -2.21. The molecule has 3 nitrogen and oxygen atoms in total. The van der Waals surface area contributed by atoms with Crippen molar-refractivity contribution in [1.29, 1.82) is 0 Å². The fraction of sp³-hybridized carbons (Fsp3) is 0.316. The van der Waals surface area contributed by atoms with E-state index in [0.717, 1.165) is 16.9 Å². The number of hydrogen-bond acceptors (Lipinski definition) is 3. The Kier molecular flexibility index (Phi) is 5.21. The molecule has 0 saturated heterocycles. The first-order valence-corrected chi connectivity index (χ1v) is 7.35. The quantitative estimate of drug-likeness (QED) is 0.756. The molecule has 0 unspecified atom stereocenters. The summed E-state index contributed by atoms with van der Waals surface area (Å²) in [5, 5.41) is 0. The highest BCUT2D eigenvalue weighted by atomic mass is 16.5. The minimum absolute atomic E-state index is 0.205. The van der Waals surface area contributed by atoms with E-state index >= 15 is 0 Å². The van der Waals surface area contributed by atoms with Crippen LogP contribution in [0.15, 0.2) is 54.6 Å². The van der Waals surface area contributed by atoms with Crippen molar-refractivity contribution in [2.24, 2.45) is 5.41 Å². The molecule has 0 spiro atoms. The highest BCUT2D eigenvalue weighted by Crippen LogP contribution is 2.25. The number of esters is 1. The normalized spacial score (nSPS) is 11.0. The van der Waals surface area contributed by atoms with Gasteiger partial charge in [-0.15, -0.1) is 0 Å². The van der Waals surface area contributed by atoms with Crippen LogP contribution in [0.3, 0.4) is 0 Å². The topological polar surface area (TPSA) is 35.5 Å². The largest absolute Gasteiger partial charge is 0.489 e. The second kappa shape index (κ2) is 7.12. The number of carbonyl (C=O) groups excluding carboxylic acids is 1. The van der Waals surface area contributed by atoms with E-state index in [0.29, 0.717) is 13.0 Å². The second-order valence-corrected chi connectivity index (χ2v) is 5.97. The second-order valence-electron chi connectivity index (χ2n) is 5.97. The minimum atomic E-state index is -0.549. The van der Waals surface area contributed by atoms with E-state index in [1.54, 1.807) is 0 Å². The Morgan fingerprint density at radius 3 is 2.36 bits per heavy atom. The van der Waals surface area contributed by atoms with Crippen LogP contribution in [0, 0.1) is 5.41 Å². The summed E-state index contributed by atoms with van der Waals surface area (Å²) in [6.45, 7) is 4.30. The van der Waals surface area contributed by atoms with Crippen molar-refractivity contribution in [2.75, 3.05) is 7.11 Å². The van der Waals surface area contributed by atoms with E-state index in [9.17, 15) is 4.79 Å². The fourth-order valence-corrected chi connectivity index (χ4v) is 2.34. The zero-order valence-electron chi connectivity index (χ0n) is 13.3. The molecule has 0 N–H and O–H groups in total. The molecular formula is C19H22O3. The average Bonchev–Trinajstić information content (AvgIpc) is 2.53. The van der Waals surface area contributed by atoms with E-state index < -0.39 is 5.41 Å². The van der Waals surface area contributed by atoms with Gasteiger partial charge in [0, 0.05) is 0 Å². The molecule has 2 aromatic rings. The first-order valence-electron chi connectivity index (χ1n) is 7.35. The lowest BCUT2D eigenvalue weighted by atomic mass is 9.86. The van der Waals surface area contributed by atoms with Crippen LogP contribution in [0.25, 0.3) is 0 Å². The van der Waals surface area contributed by atoms with Crippen LogP contribution in [0.4, 0.5) is 0 Å². The van der Waals surface area contributed by atoms with Crippen molar-refractivity contribution in [2.45, 2.75) is 26.9 Å². The third-order valence-corrected chi connectivity index (χ3v) is 3.53. The number of hydrogen-bond donors (Lipinski definition) is 0. The smallest absolute Gasteiger partial charge is 0.311 e. The van der Waals surface area contributed by atoms with Crippen LogP contribution in [0.2, 0.25) is 0 Å². The molecule has 0 aliphatic rings. The number of methoxy groups -OCH3 is 1. The molecule has 0 heterocycles. The SMILES string of the molecule is COC(=O)C(C)(C)Cc1cccc(OCc2ccccc2)c1. The first kappa shape index (κ1) is 16.1. The molecule has 3 heteroatoms. The molecule has 116 valence electrons. The van der Waals surface area contributed by atoms with E-state index in [-0.39, 0.29) is 5.97 Å². The van der Waals surface area contributed by atoms with Crippen LogP contribution in [0.5, 0.6) is 5.75 Å². The molecule has 0 saturated carbocycles. The van der Waals surface area contributed by atoms with E-state index in [1.165, 1.54) is 7.11 Å². The Hall–Kier alpha value is -2.29. The standard InChI is InChI=1S/C19H22O3/c1-19(2,18(20)21-3)13-16-10-7-11-17(12-16)22-14-15-8-5-4-6-9-15/h4-12H,13-14H2,1-3H3. The molecule has 2 aromatic carbocycles. The van der Waals surface area contributed by atoms with Gasteiger partial charge in [0.05, 0.1) is 12.5 Å². The summed E-state index contributed by atoms with van der Waals surface area (Å²) >= 11 is 0. The van der Waals surface area contributed by atoms with Gasteiger partial charge in [-0.25, -0.2) is 0 Å². The first-order chi connectivity index (χ1) is 10.5. The Balaban J connectivity index is 2.02. The maximum Gasteiger partial charge on any atom is 0.311 e. The summed E-state index contributed by atoms with van der Waals surface area (Å²) in [5.74, 6) is 0.602. The number of carbonyl (C=O) groups is 1. The van der Waals surface area contributed by atoms with Crippen molar-refractivity contribution in [3.05, 3.63) is 65.7 Å². The monoisotopic (exact) mass is 298 g/mol. The molecule has 0 aliphatic heterocycles. The van der Waals surface area contributed by atoms with Gasteiger partial charge in [-0.1, -0.05) is 42.5 Å². The summed E-state index contributed by atoms with van der Waals surface area (Å²) < 4.78 is 10.7. The van der Waals surface area contributed by atoms with Crippen LogP contribution >= 0.6 is 0 Å². The van der Waals surface area contributed by atoms with Crippen molar-refractivity contribution >= 4 is 5.97 Å². The van der Waals surface area contributed by atoms with Gasteiger partial charge in [0.25, 0.3) is 0 Å². The summed E-state index contributed by atoms with van der Waals surface area (Å²) in [4.78, 5) is 11.8. The molecule has 0 fully saturated rings. The highest BCUT2D eigenvalue weighted by molar-refractivity contribution is 5.76. The molecule has 22 heavy (non-hydrogen) atoms. The van der Waals surface area contributed by atoms with Crippen molar-refractivity contribution in [1.82, 2.24) is 0 Å². The van der Waals surface area contributed by atoms with Crippen LogP contribution in [0.1, 0.15) is 25.0 Å². The van der Waals surface area contributed by atoms with Crippen LogP contribution in [-0.4, -0.2) is 13.1 Å². The molecule has 0 bridgehead atoms. The summed E-state index contributed by atoms with van der Waals surface area (Å²) in [5.41, 5.74) is 1.64. The van der Waals surface area contributed by atoms with Gasteiger partial charge in [0.15, 0.2) is 0 Å². The molecule has 0 radical (unpaired) electrons. The van der Waals surface area contributed by atoms with Gasteiger partial charge in [-0.05, 0) is 43.5 Å². The van der Waals surface area contributed by atoms with Gasteiger partial charge in [0.2, 0.25) is 0 Å².